The molecule has 1 aliphatic heterocycles. The van der Waals surface area contributed by atoms with E-state index in [9.17, 15) is 19.2 Å². The molecule has 25 heavy (non-hydrogen) atoms. The predicted octanol–water partition coefficient (Wildman–Crippen LogP) is -1.32. The first-order valence-electron chi connectivity index (χ1n) is 8.20. The summed E-state index contributed by atoms with van der Waals surface area (Å²) in [4.78, 5) is 46.7. The van der Waals surface area contributed by atoms with Gasteiger partial charge in [-0.2, -0.15) is 11.8 Å². The van der Waals surface area contributed by atoms with Crippen LogP contribution in [0.1, 0.15) is 26.7 Å². The lowest BCUT2D eigenvalue weighted by Crippen LogP contribution is -2.66. The first-order chi connectivity index (χ1) is 11.8. The quantitative estimate of drug-likeness (QED) is 0.222. The van der Waals surface area contributed by atoms with Gasteiger partial charge < -0.3 is 21.1 Å². The van der Waals surface area contributed by atoms with E-state index < -0.39 is 23.6 Å². The van der Waals surface area contributed by atoms with Crippen molar-refractivity contribution in [2.45, 2.75) is 44.4 Å². The molecule has 10 heteroatoms. The topological polar surface area (TPSA) is 137 Å². The van der Waals surface area contributed by atoms with Crippen molar-refractivity contribution in [3.8, 4) is 0 Å². The fraction of sp³-hybridized carbons (Fsp3) is 0.733. The number of nitrogens with one attached hydrogen (secondary N) is 4. The molecule has 2 amide bonds. The van der Waals surface area contributed by atoms with Gasteiger partial charge in [0, 0.05) is 5.75 Å². The Labute approximate surface area is 151 Å². The molecule has 0 aromatic rings. The number of carboxylic acid groups (broad SMARTS) is 1. The highest BCUT2D eigenvalue weighted by atomic mass is 32.2. The maximum Gasteiger partial charge on any atom is 0.320 e. The number of carbonyl (C=O) groups is 4. The standard InChI is InChI=1S/C15H26N4O5S/c1-3-25-9-15(8-20,18-10(2)14(23)24)19-12(21)7-17-13(22)11-5-4-6-16-11/h8,10-11,16,18H,3-7,9H2,1-2H3,(H,17,22)(H,19,21)(H,23,24)/t10-,11+,15+/m0/s1. The molecular weight excluding hydrogens is 348 g/mol. The zero-order valence-corrected chi connectivity index (χ0v) is 15.3. The number of rotatable bonds is 11. The maximum absolute atomic E-state index is 12.1. The SMILES string of the molecule is CCSC[C@@](C=O)(NC(=O)CNC(=O)[C@H]1CCCN1)N[C@@H](C)C(=O)O. The van der Waals surface area contributed by atoms with Gasteiger partial charge in [0.1, 0.15) is 6.04 Å². The van der Waals surface area contributed by atoms with E-state index in [1.807, 2.05) is 6.92 Å². The van der Waals surface area contributed by atoms with Gasteiger partial charge in [-0.3, -0.25) is 24.5 Å². The van der Waals surface area contributed by atoms with Crippen molar-refractivity contribution in [1.82, 2.24) is 21.3 Å². The van der Waals surface area contributed by atoms with Crippen molar-refractivity contribution in [2.24, 2.45) is 0 Å². The van der Waals surface area contributed by atoms with Gasteiger partial charge in [-0.15, -0.1) is 0 Å². The molecule has 0 saturated carbocycles. The van der Waals surface area contributed by atoms with E-state index in [0.717, 1.165) is 19.4 Å². The number of aliphatic carboxylic acids is 1. The smallest absolute Gasteiger partial charge is 0.320 e. The number of amides is 2. The first-order valence-corrected chi connectivity index (χ1v) is 9.35. The molecule has 142 valence electrons. The number of thioether (sulfide) groups is 1. The van der Waals surface area contributed by atoms with Crippen molar-refractivity contribution in [3.05, 3.63) is 0 Å². The Morgan fingerprint density at radius 2 is 2.16 bits per heavy atom. The summed E-state index contributed by atoms with van der Waals surface area (Å²) < 4.78 is 0. The highest BCUT2D eigenvalue weighted by Crippen LogP contribution is 2.10. The molecular formula is C15H26N4O5S. The van der Waals surface area contributed by atoms with Gasteiger partial charge in [-0.1, -0.05) is 6.92 Å². The zero-order valence-electron chi connectivity index (χ0n) is 14.5. The molecule has 1 aliphatic rings. The molecule has 0 aliphatic carbocycles. The van der Waals surface area contributed by atoms with Crippen LogP contribution in [0.4, 0.5) is 0 Å². The van der Waals surface area contributed by atoms with Crippen LogP contribution in [-0.2, 0) is 19.2 Å². The average Bonchev–Trinajstić information content (AvgIpc) is 3.12. The van der Waals surface area contributed by atoms with Crippen LogP contribution in [0.5, 0.6) is 0 Å². The van der Waals surface area contributed by atoms with Gasteiger partial charge in [0.2, 0.25) is 11.8 Å². The molecule has 1 saturated heterocycles. The third kappa shape index (κ3) is 7.00. The van der Waals surface area contributed by atoms with Crippen LogP contribution >= 0.6 is 11.8 Å². The van der Waals surface area contributed by atoms with E-state index in [0.29, 0.717) is 12.0 Å². The number of hydrogen-bond acceptors (Lipinski definition) is 7. The van der Waals surface area contributed by atoms with Crippen LogP contribution in [-0.4, -0.2) is 71.5 Å². The summed E-state index contributed by atoms with van der Waals surface area (Å²) in [5, 5.41) is 19.7. The Morgan fingerprint density at radius 1 is 1.44 bits per heavy atom. The van der Waals surface area contributed by atoms with E-state index in [4.69, 9.17) is 5.11 Å². The monoisotopic (exact) mass is 374 g/mol. The summed E-state index contributed by atoms with van der Waals surface area (Å²) in [5.41, 5.74) is -1.51. The summed E-state index contributed by atoms with van der Waals surface area (Å²) in [6, 6.07) is -1.33. The van der Waals surface area contributed by atoms with Crippen molar-refractivity contribution in [3.63, 3.8) is 0 Å². The summed E-state index contributed by atoms with van der Waals surface area (Å²) in [5.74, 6) is -1.10. The number of hydrogen-bond donors (Lipinski definition) is 5. The van der Waals surface area contributed by atoms with Crippen molar-refractivity contribution in [2.75, 3.05) is 24.6 Å². The van der Waals surface area contributed by atoms with E-state index >= 15 is 0 Å². The average molecular weight is 374 g/mol. The van der Waals surface area contributed by atoms with Gasteiger partial charge in [-0.05, 0) is 32.1 Å². The predicted molar refractivity (Wildman–Crippen MR) is 94.2 cm³/mol. The largest absolute Gasteiger partial charge is 0.480 e. The summed E-state index contributed by atoms with van der Waals surface area (Å²) in [6.45, 7) is 3.75. The Morgan fingerprint density at radius 3 is 2.68 bits per heavy atom. The molecule has 1 rings (SSSR count). The molecule has 0 aromatic heterocycles. The molecule has 3 atom stereocenters. The third-order valence-electron chi connectivity index (χ3n) is 3.74. The third-order valence-corrected chi connectivity index (χ3v) is 4.81. The highest BCUT2D eigenvalue weighted by Gasteiger charge is 2.34. The second-order valence-corrected chi connectivity index (χ2v) is 7.12. The lowest BCUT2D eigenvalue weighted by molar-refractivity contribution is -0.140. The minimum atomic E-state index is -1.51. The van der Waals surface area contributed by atoms with E-state index in [1.165, 1.54) is 18.7 Å². The molecule has 1 fully saturated rings. The molecule has 5 N–H and O–H groups in total. The summed E-state index contributed by atoms with van der Waals surface area (Å²) in [7, 11) is 0. The molecule has 0 unspecified atom stereocenters. The van der Waals surface area contributed by atoms with Crippen LogP contribution in [0, 0.1) is 0 Å². The van der Waals surface area contributed by atoms with Crippen molar-refractivity contribution in [1.29, 1.82) is 0 Å². The normalized spacial score (nSPS) is 20.3. The lowest BCUT2D eigenvalue weighted by Gasteiger charge is -2.32. The summed E-state index contributed by atoms with van der Waals surface area (Å²) >= 11 is 1.38. The molecule has 0 aromatic carbocycles. The summed E-state index contributed by atoms with van der Waals surface area (Å²) in [6.07, 6.45) is 2.12. The number of carboxylic acids is 1. The van der Waals surface area contributed by atoms with Gasteiger partial charge in [-0.25, -0.2) is 0 Å². The number of aldehydes is 1. The van der Waals surface area contributed by atoms with Gasteiger partial charge >= 0.3 is 5.97 Å². The maximum atomic E-state index is 12.1. The second-order valence-electron chi connectivity index (χ2n) is 5.85. The fourth-order valence-electron chi connectivity index (χ4n) is 2.41. The molecule has 0 radical (unpaired) electrons. The molecule has 0 spiro atoms. The Balaban J connectivity index is 2.64. The highest BCUT2D eigenvalue weighted by molar-refractivity contribution is 7.99. The Kier molecular flexibility index (Phi) is 8.87. The van der Waals surface area contributed by atoms with Gasteiger partial charge in [0.25, 0.3) is 0 Å². The zero-order chi connectivity index (χ0) is 18.9. The van der Waals surface area contributed by atoms with Crippen LogP contribution < -0.4 is 21.3 Å². The van der Waals surface area contributed by atoms with E-state index in [-0.39, 0.29) is 24.2 Å². The first kappa shape index (κ1) is 21.4. The second kappa shape index (κ2) is 10.4. The lowest BCUT2D eigenvalue weighted by atomic mass is 10.1. The minimum Gasteiger partial charge on any atom is -0.480 e. The van der Waals surface area contributed by atoms with Gasteiger partial charge in [0.15, 0.2) is 11.9 Å². The molecule has 1 heterocycles. The Bertz CT molecular complexity index is 498. The van der Waals surface area contributed by atoms with E-state index in [1.54, 1.807) is 0 Å². The van der Waals surface area contributed by atoms with Crippen molar-refractivity contribution >= 4 is 35.8 Å². The van der Waals surface area contributed by atoms with Crippen molar-refractivity contribution < 1.29 is 24.3 Å². The van der Waals surface area contributed by atoms with Crippen LogP contribution in [0.25, 0.3) is 0 Å². The van der Waals surface area contributed by atoms with Gasteiger partial charge in [0.05, 0.1) is 12.6 Å². The molecule has 9 nitrogen and oxygen atoms in total. The molecule has 0 bridgehead atoms. The number of carbonyl (C=O) groups excluding carboxylic acids is 3. The fourth-order valence-corrected chi connectivity index (χ4v) is 3.16. The van der Waals surface area contributed by atoms with Crippen LogP contribution in [0.15, 0.2) is 0 Å². The minimum absolute atomic E-state index is 0.175. The Hall–Kier alpha value is -1.65. The van der Waals surface area contributed by atoms with E-state index in [2.05, 4.69) is 21.3 Å². The van der Waals surface area contributed by atoms with Crippen LogP contribution in [0.3, 0.4) is 0 Å². The van der Waals surface area contributed by atoms with Crippen LogP contribution in [0.2, 0.25) is 0 Å².